The minimum atomic E-state index is 0.810. The Labute approximate surface area is 118 Å². The summed E-state index contributed by atoms with van der Waals surface area (Å²) in [7, 11) is 4.20. The highest BCUT2D eigenvalue weighted by Crippen LogP contribution is 2.21. The Kier molecular flexibility index (Phi) is 3.52. The van der Waals surface area contributed by atoms with E-state index in [1.165, 1.54) is 22.0 Å². The molecule has 0 aliphatic carbocycles. The molecule has 1 aromatic carbocycles. The number of H-pyrrole nitrogens is 2. The maximum atomic E-state index is 4.04. The second kappa shape index (κ2) is 5.46. The number of fused-ring (bicyclic) bond motifs is 1. The molecule has 2 heterocycles. The summed E-state index contributed by atoms with van der Waals surface area (Å²) in [6.07, 6.45) is 5.83. The smallest absolute Gasteiger partial charge is 0.0868 e. The molecule has 5 heteroatoms. The summed E-state index contributed by atoms with van der Waals surface area (Å²) >= 11 is 0. The Bertz CT molecular complexity index is 681. The van der Waals surface area contributed by atoms with Gasteiger partial charge in [-0.05, 0) is 43.8 Å². The molecule has 0 fully saturated rings. The highest BCUT2D eigenvalue weighted by molar-refractivity contribution is 5.84. The van der Waals surface area contributed by atoms with E-state index in [9.17, 15) is 0 Å². The van der Waals surface area contributed by atoms with Crippen LogP contribution in [0.1, 0.15) is 16.8 Å². The van der Waals surface area contributed by atoms with Gasteiger partial charge in [0.25, 0.3) is 0 Å². The quantitative estimate of drug-likeness (QED) is 0.744. The van der Waals surface area contributed by atoms with Gasteiger partial charge in [0.05, 0.1) is 5.69 Å². The van der Waals surface area contributed by atoms with Gasteiger partial charge in [-0.1, -0.05) is 11.3 Å². The van der Waals surface area contributed by atoms with Crippen molar-refractivity contribution in [1.82, 2.24) is 25.3 Å². The van der Waals surface area contributed by atoms with E-state index >= 15 is 0 Å². The van der Waals surface area contributed by atoms with Crippen LogP contribution in [-0.2, 0) is 12.8 Å². The zero-order chi connectivity index (χ0) is 13.9. The van der Waals surface area contributed by atoms with Crippen LogP contribution in [0.3, 0.4) is 0 Å². The summed E-state index contributed by atoms with van der Waals surface area (Å²) in [6, 6.07) is 6.54. The molecule has 2 N–H and O–H groups in total. The molecular weight excluding hydrogens is 250 g/mol. The van der Waals surface area contributed by atoms with E-state index in [2.05, 4.69) is 63.8 Å². The third kappa shape index (κ3) is 2.72. The fraction of sp³-hybridized carbons (Fsp3) is 0.333. The first-order valence-corrected chi connectivity index (χ1v) is 6.81. The molecule has 5 nitrogen and oxygen atoms in total. The van der Waals surface area contributed by atoms with E-state index in [0.717, 1.165) is 25.1 Å². The second-order valence-electron chi connectivity index (χ2n) is 5.39. The summed E-state index contributed by atoms with van der Waals surface area (Å²) < 4.78 is 0. The first-order chi connectivity index (χ1) is 9.72. The monoisotopic (exact) mass is 269 g/mol. The maximum Gasteiger partial charge on any atom is 0.0868 e. The zero-order valence-corrected chi connectivity index (χ0v) is 11.8. The summed E-state index contributed by atoms with van der Waals surface area (Å²) in [4.78, 5) is 5.55. The fourth-order valence-electron chi connectivity index (χ4n) is 2.41. The van der Waals surface area contributed by atoms with E-state index < -0.39 is 0 Å². The van der Waals surface area contributed by atoms with Crippen molar-refractivity contribution >= 4 is 10.9 Å². The van der Waals surface area contributed by atoms with Gasteiger partial charge in [-0.2, -0.15) is 0 Å². The summed E-state index contributed by atoms with van der Waals surface area (Å²) in [5.41, 5.74) is 4.80. The maximum absolute atomic E-state index is 4.04. The van der Waals surface area contributed by atoms with Crippen LogP contribution in [0.2, 0.25) is 0 Å². The molecule has 0 radical (unpaired) electrons. The molecule has 0 saturated heterocycles. The van der Waals surface area contributed by atoms with Gasteiger partial charge in [0.15, 0.2) is 0 Å². The predicted octanol–water partition coefficient (Wildman–Crippen LogP) is 1.98. The number of hydrogen-bond donors (Lipinski definition) is 2. The number of rotatable bonds is 5. The number of aromatic amines is 2. The summed E-state index contributed by atoms with van der Waals surface area (Å²) in [5.74, 6) is 0. The lowest BCUT2D eigenvalue weighted by atomic mass is 10.0. The number of aromatic nitrogens is 4. The Morgan fingerprint density at radius 2 is 2.10 bits per heavy atom. The number of nitrogens with zero attached hydrogens (tertiary/aromatic N) is 3. The minimum Gasteiger partial charge on any atom is -0.361 e. The van der Waals surface area contributed by atoms with Gasteiger partial charge in [0, 0.05) is 36.3 Å². The minimum absolute atomic E-state index is 0.810. The number of likely N-dealkylation sites (N-methyl/N-ethyl adjacent to an activating group) is 1. The van der Waals surface area contributed by atoms with Crippen LogP contribution in [0.5, 0.6) is 0 Å². The van der Waals surface area contributed by atoms with Crippen molar-refractivity contribution in [2.24, 2.45) is 0 Å². The average molecular weight is 269 g/mol. The van der Waals surface area contributed by atoms with Crippen LogP contribution in [0, 0.1) is 0 Å². The molecule has 2 aromatic heterocycles. The molecule has 0 saturated carbocycles. The van der Waals surface area contributed by atoms with Crippen LogP contribution >= 0.6 is 0 Å². The van der Waals surface area contributed by atoms with Gasteiger partial charge < -0.3 is 9.88 Å². The van der Waals surface area contributed by atoms with Gasteiger partial charge in [-0.3, -0.25) is 5.10 Å². The molecule has 0 aliphatic rings. The SMILES string of the molecule is CN(C)CCc1c[nH]c2ccc(Cc3c[nH]nn3)cc12. The largest absolute Gasteiger partial charge is 0.361 e. The van der Waals surface area contributed by atoms with Crippen molar-refractivity contribution in [3.05, 3.63) is 47.4 Å². The fourth-order valence-corrected chi connectivity index (χ4v) is 2.41. The molecule has 20 heavy (non-hydrogen) atoms. The number of nitrogens with one attached hydrogen (secondary N) is 2. The third-order valence-electron chi connectivity index (χ3n) is 3.51. The van der Waals surface area contributed by atoms with Crippen LogP contribution in [0.15, 0.2) is 30.6 Å². The normalized spacial score (nSPS) is 11.6. The van der Waals surface area contributed by atoms with Crippen LogP contribution in [-0.4, -0.2) is 45.9 Å². The Morgan fingerprint density at radius 3 is 2.85 bits per heavy atom. The highest BCUT2D eigenvalue weighted by Gasteiger charge is 2.06. The Morgan fingerprint density at radius 1 is 1.20 bits per heavy atom. The Hall–Kier alpha value is -2.14. The summed E-state index contributed by atoms with van der Waals surface area (Å²) in [5, 5.41) is 11.9. The van der Waals surface area contributed by atoms with E-state index in [-0.39, 0.29) is 0 Å². The highest BCUT2D eigenvalue weighted by atomic mass is 15.3. The standard InChI is InChI=1S/C15H19N5/c1-20(2)6-5-12-9-16-15-4-3-11(8-14(12)15)7-13-10-17-19-18-13/h3-4,8-10,16H,5-7H2,1-2H3,(H,17,18,19). The lowest BCUT2D eigenvalue weighted by Gasteiger charge is -2.08. The van der Waals surface area contributed by atoms with E-state index in [1.54, 1.807) is 0 Å². The predicted molar refractivity (Wildman–Crippen MR) is 79.7 cm³/mol. The van der Waals surface area contributed by atoms with Gasteiger partial charge in [-0.15, -0.1) is 5.10 Å². The topological polar surface area (TPSA) is 60.6 Å². The first-order valence-electron chi connectivity index (χ1n) is 6.81. The second-order valence-corrected chi connectivity index (χ2v) is 5.39. The van der Waals surface area contributed by atoms with Crippen molar-refractivity contribution in [1.29, 1.82) is 0 Å². The van der Waals surface area contributed by atoms with Crippen molar-refractivity contribution < 1.29 is 0 Å². The molecule has 0 amide bonds. The van der Waals surface area contributed by atoms with Crippen molar-refractivity contribution in [3.8, 4) is 0 Å². The van der Waals surface area contributed by atoms with Crippen molar-refractivity contribution in [2.45, 2.75) is 12.8 Å². The average Bonchev–Trinajstić information content (AvgIpc) is 3.05. The van der Waals surface area contributed by atoms with E-state index in [4.69, 9.17) is 0 Å². The molecule has 3 rings (SSSR count). The molecule has 0 aliphatic heterocycles. The molecule has 0 atom stereocenters. The van der Waals surface area contributed by atoms with Gasteiger partial charge in [-0.25, -0.2) is 0 Å². The molecule has 3 aromatic rings. The third-order valence-corrected chi connectivity index (χ3v) is 3.51. The van der Waals surface area contributed by atoms with Gasteiger partial charge >= 0.3 is 0 Å². The molecule has 0 unspecified atom stereocenters. The van der Waals surface area contributed by atoms with Gasteiger partial charge in [0.1, 0.15) is 0 Å². The first kappa shape index (κ1) is 12.9. The zero-order valence-electron chi connectivity index (χ0n) is 11.8. The summed E-state index contributed by atoms with van der Waals surface area (Å²) in [6.45, 7) is 1.06. The van der Waals surface area contributed by atoms with Crippen LogP contribution < -0.4 is 0 Å². The molecule has 0 spiro atoms. The Balaban J connectivity index is 1.86. The van der Waals surface area contributed by atoms with Crippen molar-refractivity contribution in [2.75, 3.05) is 20.6 Å². The van der Waals surface area contributed by atoms with E-state index in [0.29, 0.717) is 0 Å². The van der Waals surface area contributed by atoms with Gasteiger partial charge in [0.2, 0.25) is 0 Å². The molecule has 104 valence electrons. The van der Waals surface area contributed by atoms with Crippen molar-refractivity contribution in [3.63, 3.8) is 0 Å². The number of benzene rings is 1. The van der Waals surface area contributed by atoms with Crippen LogP contribution in [0.25, 0.3) is 10.9 Å². The lowest BCUT2D eigenvalue weighted by Crippen LogP contribution is -2.14. The molecule has 0 bridgehead atoms. The lowest BCUT2D eigenvalue weighted by molar-refractivity contribution is 0.414. The molecular formula is C15H19N5. The van der Waals surface area contributed by atoms with Crippen LogP contribution in [0.4, 0.5) is 0 Å². The number of hydrogen-bond acceptors (Lipinski definition) is 3. The van der Waals surface area contributed by atoms with E-state index in [1.807, 2.05) is 6.20 Å².